The van der Waals surface area contributed by atoms with Crippen molar-refractivity contribution in [3.63, 3.8) is 0 Å². The van der Waals surface area contributed by atoms with Crippen molar-refractivity contribution >= 4 is 17.2 Å². The number of halogens is 3. The molecule has 0 fully saturated rings. The van der Waals surface area contributed by atoms with Crippen LogP contribution in [0.3, 0.4) is 0 Å². The average molecular weight is 295 g/mol. The highest BCUT2D eigenvalue weighted by Gasteiger charge is 2.14. The van der Waals surface area contributed by atoms with Crippen molar-refractivity contribution in [1.82, 2.24) is 9.38 Å². The summed E-state index contributed by atoms with van der Waals surface area (Å²) >= 11 is 6.05. The van der Waals surface area contributed by atoms with Gasteiger partial charge in [0, 0.05) is 11.8 Å². The Bertz CT molecular complexity index is 758. The predicted octanol–water partition coefficient (Wildman–Crippen LogP) is 4.26. The highest BCUT2D eigenvalue weighted by molar-refractivity contribution is 6.33. The summed E-state index contributed by atoms with van der Waals surface area (Å²) in [6, 6.07) is 10.1. The smallest absolute Gasteiger partial charge is 0.387 e. The fraction of sp³-hybridized carbons (Fsp3) is 0.0714. The topological polar surface area (TPSA) is 26.5 Å². The van der Waals surface area contributed by atoms with Crippen LogP contribution in [0.25, 0.3) is 16.9 Å². The van der Waals surface area contributed by atoms with E-state index in [4.69, 9.17) is 11.6 Å². The fourth-order valence-corrected chi connectivity index (χ4v) is 2.27. The van der Waals surface area contributed by atoms with E-state index in [1.165, 1.54) is 6.07 Å². The van der Waals surface area contributed by atoms with Crippen LogP contribution in [0.1, 0.15) is 0 Å². The summed E-state index contributed by atoms with van der Waals surface area (Å²) in [6.07, 6.45) is 3.34. The second kappa shape index (κ2) is 5.09. The van der Waals surface area contributed by atoms with Crippen molar-refractivity contribution in [3.05, 3.63) is 53.8 Å². The molecule has 0 radical (unpaired) electrons. The van der Waals surface area contributed by atoms with E-state index in [1.54, 1.807) is 47.1 Å². The van der Waals surface area contributed by atoms with Crippen LogP contribution in [0, 0.1) is 0 Å². The minimum Gasteiger partial charge on any atom is -0.434 e. The van der Waals surface area contributed by atoms with Crippen LogP contribution in [0.15, 0.2) is 48.8 Å². The van der Waals surface area contributed by atoms with Gasteiger partial charge >= 0.3 is 6.61 Å². The Hall–Kier alpha value is -2.14. The summed E-state index contributed by atoms with van der Waals surface area (Å²) < 4.78 is 31.2. The quantitative estimate of drug-likeness (QED) is 0.721. The van der Waals surface area contributed by atoms with Gasteiger partial charge in [0.2, 0.25) is 0 Å². The summed E-state index contributed by atoms with van der Waals surface area (Å²) in [6.45, 7) is -2.88. The van der Waals surface area contributed by atoms with Crippen molar-refractivity contribution in [2.24, 2.45) is 0 Å². The third-order valence-corrected chi connectivity index (χ3v) is 3.16. The van der Waals surface area contributed by atoms with Crippen molar-refractivity contribution < 1.29 is 13.5 Å². The molecule has 6 heteroatoms. The number of pyridine rings is 1. The molecule has 2 aromatic heterocycles. The molecule has 0 bridgehead atoms. The number of para-hydroxylation sites is 1. The molecule has 3 nitrogen and oxygen atoms in total. The normalized spacial score (nSPS) is 11.2. The second-order valence-electron chi connectivity index (χ2n) is 4.07. The van der Waals surface area contributed by atoms with Gasteiger partial charge in [-0.3, -0.25) is 4.40 Å². The first-order chi connectivity index (χ1) is 9.66. The Morgan fingerprint density at radius 1 is 1.15 bits per heavy atom. The lowest BCUT2D eigenvalue weighted by molar-refractivity contribution is -0.0494. The minimum atomic E-state index is -2.88. The highest BCUT2D eigenvalue weighted by atomic mass is 35.5. The van der Waals surface area contributed by atoms with Gasteiger partial charge in [-0.15, -0.1) is 0 Å². The molecule has 20 heavy (non-hydrogen) atoms. The molecule has 0 aliphatic rings. The zero-order chi connectivity index (χ0) is 14.1. The maximum absolute atomic E-state index is 12.5. The Kier molecular flexibility index (Phi) is 3.28. The Morgan fingerprint density at radius 3 is 2.75 bits per heavy atom. The Balaban J connectivity index is 2.19. The van der Waals surface area contributed by atoms with E-state index in [2.05, 4.69) is 9.72 Å². The van der Waals surface area contributed by atoms with Gasteiger partial charge in [0.15, 0.2) is 5.65 Å². The summed E-state index contributed by atoms with van der Waals surface area (Å²) in [4.78, 5) is 4.20. The van der Waals surface area contributed by atoms with E-state index < -0.39 is 6.61 Å². The molecule has 0 aliphatic heterocycles. The average Bonchev–Trinajstić information content (AvgIpc) is 2.84. The minimum absolute atomic E-state index is 0.101. The van der Waals surface area contributed by atoms with E-state index in [1.807, 2.05) is 0 Å². The SMILES string of the molecule is FC(F)Oc1ccccc1-c1cnc2c(Cl)cccn12. The largest absolute Gasteiger partial charge is 0.434 e. The molecular weight excluding hydrogens is 286 g/mol. The lowest BCUT2D eigenvalue weighted by Crippen LogP contribution is -2.03. The van der Waals surface area contributed by atoms with Crippen LogP contribution in [-0.2, 0) is 0 Å². The lowest BCUT2D eigenvalue weighted by atomic mass is 10.1. The number of ether oxygens (including phenoxy) is 1. The first-order valence-electron chi connectivity index (χ1n) is 5.82. The number of benzene rings is 1. The summed E-state index contributed by atoms with van der Waals surface area (Å²) in [5, 5.41) is 0.492. The number of rotatable bonds is 3. The third kappa shape index (κ3) is 2.20. The zero-order valence-electron chi connectivity index (χ0n) is 10.1. The summed E-state index contributed by atoms with van der Waals surface area (Å²) in [5.41, 5.74) is 1.73. The number of imidazole rings is 1. The van der Waals surface area contributed by atoms with Gasteiger partial charge in [0.1, 0.15) is 5.75 Å². The fourth-order valence-electron chi connectivity index (χ4n) is 2.05. The molecule has 1 aromatic carbocycles. The van der Waals surface area contributed by atoms with Gasteiger partial charge in [-0.05, 0) is 24.3 Å². The Labute approximate surface area is 118 Å². The van der Waals surface area contributed by atoms with Gasteiger partial charge < -0.3 is 4.74 Å². The van der Waals surface area contributed by atoms with Crippen molar-refractivity contribution in [1.29, 1.82) is 0 Å². The predicted molar refractivity (Wildman–Crippen MR) is 72.3 cm³/mol. The molecule has 0 amide bonds. The molecular formula is C14H9ClF2N2O. The van der Waals surface area contributed by atoms with Crippen LogP contribution >= 0.6 is 11.6 Å². The van der Waals surface area contributed by atoms with Crippen LogP contribution in [0.5, 0.6) is 5.75 Å². The van der Waals surface area contributed by atoms with E-state index in [-0.39, 0.29) is 5.75 Å². The van der Waals surface area contributed by atoms with Gasteiger partial charge in [-0.1, -0.05) is 23.7 Å². The first-order valence-corrected chi connectivity index (χ1v) is 6.20. The highest BCUT2D eigenvalue weighted by Crippen LogP contribution is 2.32. The van der Waals surface area contributed by atoms with E-state index in [0.29, 0.717) is 21.9 Å². The molecule has 2 heterocycles. The molecule has 0 unspecified atom stereocenters. The molecule has 0 spiro atoms. The van der Waals surface area contributed by atoms with Gasteiger partial charge in [-0.2, -0.15) is 8.78 Å². The van der Waals surface area contributed by atoms with Crippen LogP contribution in [0.4, 0.5) is 8.78 Å². The van der Waals surface area contributed by atoms with Gasteiger partial charge in [0.25, 0.3) is 0 Å². The third-order valence-electron chi connectivity index (χ3n) is 2.87. The Morgan fingerprint density at radius 2 is 1.95 bits per heavy atom. The van der Waals surface area contributed by atoms with E-state index in [9.17, 15) is 8.78 Å². The van der Waals surface area contributed by atoms with Crippen LogP contribution < -0.4 is 4.74 Å². The number of alkyl halides is 2. The number of hydrogen-bond donors (Lipinski definition) is 0. The van der Waals surface area contributed by atoms with Crippen molar-refractivity contribution in [3.8, 4) is 17.0 Å². The van der Waals surface area contributed by atoms with Crippen molar-refractivity contribution in [2.75, 3.05) is 0 Å². The molecule has 0 N–H and O–H groups in total. The maximum Gasteiger partial charge on any atom is 0.387 e. The lowest BCUT2D eigenvalue weighted by Gasteiger charge is -2.10. The van der Waals surface area contributed by atoms with Crippen LogP contribution in [0.2, 0.25) is 5.02 Å². The van der Waals surface area contributed by atoms with Gasteiger partial charge in [-0.25, -0.2) is 4.98 Å². The summed E-state index contributed by atoms with van der Waals surface area (Å²) in [7, 11) is 0. The van der Waals surface area contributed by atoms with Crippen LogP contribution in [-0.4, -0.2) is 16.0 Å². The summed E-state index contributed by atoms with van der Waals surface area (Å²) in [5.74, 6) is 0.101. The van der Waals surface area contributed by atoms with Gasteiger partial charge in [0.05, 0.1) is 16.9 Å². The number of fused-ring (bicyclic) bond motifs is 1. The number of hydrogen-bond acceptors (Lipinski definition) is 2. The standard InChI is InChI=1S/C14H9ClF2N2O/c15-10-5-3-7-19-11(8-18-13(10)19)9-4-1-2-6-12(9)20-14(16)17/h1-8,14H. The second-order valence-corrected chi connectivity index (χ2v) is 4.48. The molecule has 0 atom stereocenters. The molecule has 0 aliphatic carbocycles. The maximum atomic E-state index is 12.5. The monoisotopic (exact) mass is 294 g/mol. The molecule has 102 valence electrons. The molecule has 3 rings (SSSR count). The molecule has 3 aromatic rings. The van der Waals surface area contributed by atoms with Crippen molar-refractivity contribution in [2.45, 2.75) is 6.61 Å². The van der Waals surface area contributed by atoms with E-state index in [0.717, 1.165) is 0 Å². The van der Waals surface area contributed by atoms with E-state index >= 15 is 0 Å². The zero-order valence-corrected chi connectivity index (χ0v) is 10.9. The number of aromatic nitrogens is 2. The molecule has 0 saturated heterocycles. The molecule has 0 saturated carbocycles. The number of nitrogens with zero attached hydrogens (tertiary/aromatic N) is 2. The first kappa shape index (κ1) is 12.9.